The van der Waals surface area contributed by atoms with Crippen LogP contribution in [0.3, 0.4) is 0 Å². The molecule has 0 aliphatic heterocycles. The van der Waals surface area contributed by atoms with E-state index >= 15 is 0 Å². The fourth-order valence-corrected chi connectivity index (χ4v) is 4.57. The van der Waals surface area contributed by atoms with E-state index in [4.69, 9.17) is 19.5 Å². The Morgan fingerprint density at radius 3 is 2.03 bits per heavy atom. The molecule has 0 radical (unpaired) electrons. The first-order valence-corrected chi connectivity index (χ1v) is 12.0. The number of benzene rings is 1. The highest BCUT2D eigenvalue weighted by Crippen LogP contribution is 2.33. The Bertz CT molecular complexity index is 998. The molecule has 0 N–H and O–H groups in total. The van der Waals surface area contributed by atoms with Crippen LogP contribution in [0.5, 0.6) is 11.5 Å². The van der Waals surface area contributed by atoms with Crippen LogP contribution in [0.1, 0.15) is 70.8 Å². The van der Waals surface area contributed by atoms with Gasteiger partial charge in [-0.05, 0) is 82.3 Å². The summed E-state index contributed by atoms with van der Waals surface area (Å²) in [5.41, 5.74) is 0.303. The van der Waals surface area contributed by atoms with Gasteiger partial charge < -0.3 is 14.2 Å². The van der Waals surface area contributed by atoms with Crippen molar-refractivity contribution < 1.29 is 28.6 Å². The topological polar surface area (TPSA) is 103 Å². The Kier molecular flexibility index (Phi) is 9.10. The Balaban J connectivity index is 1.64. The molecule has 1 aromatic rings. The molecule has 7 heteroatoms. The van der Waals surface area contributed by atoms with Gasteiger partial charge in [-0.25, -0.2) is 0 Å². The Hall–Kier alpha value is -3.32. The second-order valence-electron chi connectivity index (χ2n) is 9.12. The molecule has 180 valence electrons. The molecule has 3 rings (SSSR count). The maximum absolute atomic E-state index is 12.8. The normalized spacial score (nSPS) is 24.0. The number of nitrogens with zero attached hydrogens (tertiary/aromatic N) is 1. The molecular formula is C27H31NO6. The molecule has 0 spiro atoms. The molecule has 2 aliphatic carbocycles. The van der Waals surface area contributed by atoms with Crippen molar-refractivity contribution in [1.29, 1.82) is 5.26 Å². The third-order valence-electron chi connectivity index (χ3n) is 6.66. The van der Waals surface area contributed by atoms with E-state index in [0.29, 0.717) is 49.5 Å². The molecule has 2 aliphatic rings. The van der Waals surface area contributed by atoms with Crippen molar-refractivity contribution in [2.24, 2.45) is 23.7 Å². The van der Waals surface area contributed by atoms with Crippen LogP contribution in [-0.2, 0) is 19.1 Å². The van der Waals surface area contributed by atoms with E-state index in [1.54, 1.807) is 19.1 Å². The molecule has 1 aromatic carbocycles. The first kappa shape index (κ1) is 25.3. The molecule has 0 amide bonds. The number of carbonyl (C=O) groups is 3. The minimum atomic E-state index is -0.400. The molecule has 2 fully saturated rings. The van der Waals surface area contributed by atoms with E-state index in [9.17, 15) is 14.4 Å². The highest BCUT2D eigenvalue weighted by molar-refractivity contribution is 5.78. The minimum absolute atomic E-state index is 0.118. The van der Waals surface area contributed by atoms with E-state index in [1.807, 2.05) is 0 Å². The van der Waals surface area contributed by atoms with Crippen LogP contribution in [0, 0.1) is 46.8 Å². The summed E-state index contributed by atoms with van der Waals surface area (Å²) in [6, 6.07) is 6.38. The third-order valence-corrected chi connectivity index (χ3v) is 6.66. The van der Waals surface area contributed by atoms with E-state index < -0.39 is 5.97 Å². The van der Waals surface area contributed by atoms with Crippen LogP contribution < -0.4 is 9.47 Å². The smallest absolute Gasteiger partial charge is 0.314 e. The molecule has 0 unspecified atom stereocenters. The van der Waals surface area contributed by atoms with Gasteiger partial charge in [0.15, 0.2) is 6.07 Å². The summed E-state index contributed by atoms with van der Waals surface area (Å²) >= 11 is 0. The Morgan fingerprint density at radius 1 is 0.882 bits per heavy atom. The summed E-state index contributed by atoms with van der Waals surface area (Å²) in [5.74, 6) is 4.62. The van der Waals surface area contributed by atoms with Gasteiger partial charge in [0.1, 0.15) is 11.5 Å². The summed E-state index contributed by atoms with van der Waals surface area (Å²) in [5, 5.41) is 8.86. The lowest BCUT2D eigenvalue weighted by Gasteiger charge is -2.26. The SMILES string of the molecule is CCOC(=O)C1CCC(C(=O)Oc2ccc(OC(=O)C3CCC(C)CC3)cc2C#CC#N)CC1. The predicted octanol–water partition coefficient (Wildman–Crippen LogP) is 4.57. The van der Waals surface area contributed by atoms with Crippen LogP contribution in [0.25, 0.3) is 0 Å². The zero-order chi connectivity index (χ0) is 24.5. The van der Waals surface area contributed by atoms with Crippen LogP contribution >= 0.6 is 0 Å². The van der Waals surface area contributed by atoms with Gasteiger partial charge in [-0.1, -0.05) is 6.92 Å². The van der Waals surface area contributed by atoms with Crippen molar-refractivity contribution in [2.75, 3.05) is 6.61 Å². The fraction of sp³-hybridized carbons (Fsp3) is 0.556. The number of hydrogen-bond donors (Lipinski definition) is 0. The zero-order valence-corrected chi connectivity index (χ0v) is 19.8. The molecule has 7 nitrogen and oxygen atoms in total. The van der Waals surface area contributed by atoms with Crippen LogP contribution in [0.2, 0.25) is 0 Å². The van der Waals surface area contributed by atoms with Gasteiger partial charge in [-0.3, -0.25) is 14.4 Å². The third kappa shape index (κ3) is 6.84. The summed E-state index contributed by atoms with van der Waals surface area (Å²) in [6.07, 6.45) is 5.88. The summed E-state index contributed by atoms with van der Waals surface area (Å²) in [7, 11) is 0. The molecule has 34 heavy (non-hydrogen) atoms. The first-order chi connectivity index (χ1) is 16.4. The summed E-state index contributed by atoms with van der Waals surface area (Å²) in [4.78, 5) is 37.2. The molecule has 0 aromatic heterocycles. The van der Waals surface area contributed by atoms with Crippen molar-refractivity contribution in [3.63, 3.8) is 0 Å². The summed E-state index contributed by atoms with van der Waals surface area (Å²) < 4.78 is 16.2. The van der Waals surface area contributed by atoms with Gasteiger partial charge in [-0.15, -0.1) is 0 Å². The highest BCUT2D eigenvalue weighted by Gasteiger charge is 2.32. The van der Waals surface area contributed by atoms with Crippen molar-refractivity contribution in [3.05, 3.63) is 23.8 Å². The number of esters is 3. The van der Waals surface area contributed by atoms with E-state index in [1.165, 1.54) is 12.1 Å². The number of hydrogen-bond acceptors (Lipinski definition) is 7. The highest BCUT2D eigenvalue weighted by atomic mass is 16.5. The average Bonchev–Trinajstić information content (AvgIpc) is 2.84. The molecule has 2 saturated carbocycles. The van der Waals surface area contributed by atoms with E-state index in [-0.39, 0.29) is 35.4 Å². The monoisotopic (exact) mass is 465 g/mol. The predicted molar refractivity (Wildman–Crippen MR) is 123 cm³/mol. The Labute approximate surface area is 200 Å². The van der Waals surface area contributed by atoms with E-state index in [0.717, 1.165) is 25.7 Å². The standard InChI is InChI=1S/C27H31NO6/c1-3-32-25(29)19-10-12-21(13-11-19)27(31)34-24-15-14-23(17-22(24)5-4-16-28)33-26(30)20-8-6-18(2)7-9-20/h14-15,17-21H,3,6-13H2,1-2H3. The second kappa shape index (κ2) is 12.2. The van der Waals surface area contributed by atoms with Crippen LogP contribution in [-0.4, -0.2) is 24.5 Å². The lowest BCUT2D eigenvalue weighted by molar-refractivity contribution is -0.151. The molecule has 0 atom stereocenters. The number of nitriles is 1. The van der Waals surface area contributed by atoms with Gasteiger partial charge in [0.05, 0.1) is 29.9 Å². The van der Waals surface area contributed by atoms with Crippen molar-refractivity contribution in [2.45, 2.75) is 65.2 Å². The van der Waals surface area contributed by atoms with Gasteiger partial charge in [0.2, 0.25) is 0 Å². The fourth-order valence-electron chi connectivity index (χ4n) is 4.57. The van der Waals surface area contributed by atoms with Crippen LogP contribution in [0.15, 0.2) is 18.2 Å². The quantitative estimate of drug-likeness (QED) is 0.344. The summed E-state index contributed by atoms with van der Waals surface area (Å²) in [6.45, 7) is 4.31. The van der Waals surface area contributed by atoms with Crippen molar-refractivity contribution in [1.82, 2.24) is 0 Å². The first-order valence-electron chi connectivity index (χ1n) is 12.0. The van der Waals surface area contributed by atoms with E-state index in [2.05, 4.69) is 18.8 Å². The lowest BCUT2D eigenvalue weighted by atomic mass is 9.82. The van der Waals surface area contributed by atoms with Gasteiger partial charge >= 0.3 is 17.9 Å². The molecular weight excluding hydrogens is 434 g/mol. The number of carbonyl (C=O) groups excluding carboxylic acids is 3. The van der Waals surface area contributed by atoms with Gasteiger partial charge in [0.25, 0.3) is 0 Å². The molecule has 0 saturated heterocycles. The Morgan fingerprint density at radius 2 is 1.44 bits per heavy atom. The lowest BCUT2D eigenvalue weighted by Crippen LogP contribution is -2.29. The molecule has 0 heterocycles. The second-order valence-corrected chi connectivity index (χ2v) is 9.12. The van der Waals surface area contributed by atoms with Crippen molar-refractivity contribution >= 4 is 17.9 Å². The van der Waals surface area contributed by atoms with Gasteiger partial charge in [-0.2, -0.15) is 5.26 Å². The number of ether oxygens (including phenoxy) is 3. The maximum atomic E-state index is 12.8. The average molecular weight is 466 g/mol. The van der Waals surface area contributed by atoms with Crippen LogP contribution in [0.4, 0.5) is 0 Å². The van der Waals surface area contributed by atoms with Gasteiger partial charge in [0, 0.05) is 12.0 Å². The largest absolute Gasteiger partial charge is 0.466 e. The maximum Gasteiger partial charge on any atom is 0.314 e. The molecule has 0 bridgehead atoms. The zero-order valence-electron chi connectivity index (χ0n) is 19.8. The number of rotatable bonds is 6. The van der Waals surface area contributed by atoms with Crippen molar-refractivity contribution in [3.8, 4) is 29.4 Å². The minimum Gasteiger partial charge on any atom is -0.466 e.